The molecule has 17 heavy (non-hydrogen) atoms. The zero-order valence-electron chi connectivity index (χ0n) is 8.39. The van der Waals surface area contributed by atoms with Gasteiger partial charge in [-0.25, -0.2) is 24.4 Å². The van der Waals surface area contributed by atoms with Crippen LogP contribution in [0.5, 0.6) is 0 Å². The molecule has 0 bridgehead atoms. The van der Waals surface area contributed by atoms with Gasteiger partial charge in [-0.3, -0.25) is 0 Å². The Morgan fingerprint density at radius 2 is 1.59 bits per heavy atom. The molecule has 0 saturated carbocycles. The predicted octanol–water partition coefficient (Wildman–Crippen LogP) is -0.403. The van der Waals surface area contributed by atoms with Crippen LogP contribution in [0.2, 0.25) is 0 Å². The van der Waals surface area contributed by atoms with Crippen molar-refractivity contribution in [2.45, 2.75) is 0 Å². The molecule has 0 spiro atoms. The monoisotopic (exact) mass is 227 g/mol. The summed E-state index contributed by atoms with van der Waals surface area (Å²) < 4.78 is 0.835. The summed E-state index contributed by atoms with van der Waals surface area (Å²) in [6, 6.07) is 7.78. The second-order valence-electron chi connectivity index (χ2n) is 3.15. The summed E-state index contributed by atoms with van der Waals surface area (Å²) in [6.45, 7) is 0. The fourth-order valence-electron chi connectivity index (χ4n) is 1.41. The van der Waals surface area contributed by atoms with Crippen molar-refractivity contribution in [3.05, 3.63) is 50.3 Å². The smallest absolute Gasteiger partial charge is 0.247 e. The van der Waals surface area contributed by atoms with Gasteiger partial charge in [0.25, 0.3) is 0 Å². The highest BCUT2D eigenvalue weighted by atomic mass is 16.2. The van der Waals surface area contributed by atoms with Gasteiger partial charge in [-0.05, 0) is 18.2 Å². The van der Waals surface area contributed by atoms with E-state index in [1.54, 1.807) is 0 Å². The van der Waals surface area contributed by atoms with E-state index in [0.29, 0.717) is 0 Å². The molecule has 0 aliphatic heterocycles. The summed E-state index contributed by atoms with van der Waals surface area (Å²) in [6.07, 6.45) is 0. The minimum atomic E-state index is -0.636. The summed E-state index contributed by atoms with van der Waals surface area (Å²) in [5, 5.41) is 21.8. The molecule has 1 heterocycles. The first-order valence-corrected chi connectivity index (χ1v) is 4.51. The van der Waals surface area contributed by atoms with Crippen molar-refractivity contribution in [1.29, 1.82) is 10.5 Å². The van der Waals surface area contributed by atoms with Crippen LogP contribution >= 0.6 is 0 Å². The number of hydrogen-bond acceptors (Lipinski definition) is 4. The Kier molecular flexibility index (Phi) is 2.36. The first-order chi connectivity index (χ1) is 8.17. The van der Waals surface area contributed by atoms with E-state index in [1.165, 1.54) is 18.2 Å². The third-order valence-electron chi connectivity index (χ3n) is 2.18. The van der Waals surface area contributed by atoms with Crippen LogP contribution in [-0.4, -0.2) is 14.8 Å². The van der Waals surface area contributed by atoms with Crippen LogP contribution in [0, 0.1) is 22.7 Å². The van der Waals surface area contributed by atoms with E-state index in [9.17, 15) is 9.59 Å². The van der Waals surface area contributed by atoms with Crippen molar-refractivity contribution >= 4 is 0 Å². The number of rotatable bonds is 1. The normalized spacial score (nSPS) is 9.53. The molecule has 0 aliphatic rings. The Bertz CT molecular complexity index is 738. The second kappa shape index (κ2) is 3.83. The Morgan fingerprint density at radius 3 is 2.12 bits per heavy atom. The molecule has 0 saturated heterocycles. The molecule has 82 valence electrons. The third-order valence-corrected chi connectivity index (χ3v) is 2.18. The third kappa shape index (κ3) is 1.62. The van der Waals surface area contributed by atoms with Crippen LogP contribution in [-0.2, 0) is 0 Å². The fourth-order valence-corrected chi connectivity index (χ4v) is 1.41. The van der Waals surface area contributed by atoms with Crippen LogP contribution in [0.4, 0.5) is 0 Å². The van der Waals surface area contributed by atoms with Gasteiger partial charge in [0.05, 0.1) is 16.8 Å². The van der Waals surface area contributed by atoms with Crippen LogP contribution in [0.1, 0.15) is 11.1 Å². The van der Waals surface area contributed by atoms with Crippen molar-refractivity contribution in [2.24, 2.45) is 0 Å². The second-order valence-corrected chi connectivity index (χ2v) is 3.15. The van der Waals surface area contributed by atoms with Crippen molar-refractivity contribution in [3.8, 4) is 17.8 Å². The SMILES string of the molecule is N#Cc1ccc(-n2c(=O)[nH][nH]c2=O)cc1C#N. The summed E-state index contributed by atoms with van der Waals surface area (Å²) in [5.74, 6) is 0. The highest BCUT2D eigenvalue weighted by Crippen LogP contribution is 2.11. The largest absolute Gasteiger partial charge is 0.348 e. The van der Waals surface area contributed by atoms with Crippen LogP contribution in [0.25, 0.3) is 5.69 Å². The van der Waals surface area contributed by atoms with Crippen LogP contribution < -0.4 is 11.4 Å². The number of hydrogen-bond donors (Lipinski definition) is 2. The van der Waals surface area contributed by atoms with E-state index in [0.717, 1.165) is 4.57 Å². The molecule has 0 aliphatic carbocycles. The number of aromatic amines is 2. The number of nitriles is 2. The number of nitrogens with one attached hydrogen (secondary N) is 2. The van der Waals surface area contributed by atoms with Crippen LogP contribution in [0.3, 0.4) is 0 Å². The van der Waals surface area contributed by atoms with Gasteiger partial charge in [0.15, 0.2) is 0 Å². The molecule has 7 nitrogen and oxygen atoms in total. The molecule has 1 aromatic heterocycles. The standard InChI is InChI=1S/C10H5N5O2/c11-4-6-1-2-8(3-7(6)5-12)15-9(16)13-14-10(15)17/h1-3H,(H,13,16)(H,14,17). The average Bonchev–Trinajstić information content (AvgIpc) is 2.68. The summed E-state index contributed by atoms with van der Waals surface area (Å²) in [7, 11) is 0. The lowest BCUT2D eigenvalue weighted by Gasteiger charge is -2.00. The van der Waals surface area contributed by atoms with Crippen molar-refractivity contribution in [2.75, 3.05) is 0 Å². The number of nitrogens with zero attached hydrogens (tertiary/aromatic N) is 3. The molecular formula is C10H5N5O2. The van der Waals surface area contributed by atoms with E-state index >= 15 is 0 Å². The fraction of sp³-hybridized carbons (Fsp3) is 0. The molecule has 7 heteroatoms. The molecule has 2 aromatic rings. The molecule has 0 amide bonds. The quantitative estimate of drug-likeness (QED) is 0.688. The summed E-state index contributed by atoms with van der Waals surface area (Å²) >= 11 is 0. The van der Waals surface area contributed by atoms with Gasteiger partial charge in [-0.1, -0.05) is 0 Å². The van der Waals surface area contributed by atoms with Crippen molar-refractivity contribution in [3.63, 3.8) is 0 Å². The minimum absolute atomic E-state index is 0.109. The van der Waals surface area contributed by atoms with Crippen molar-refractivity contribution < 1.29 is 0 Å². The molecule has 2 N–H and O–H groups in total. The lowest BCUT2D eigenvalue weighted by atomic mass is 10.1. The lowest BCUT2D eigenvalue weighted by molar-refractivity contribution is 0.950. The highest BCUT2D eigenvalue weighted by Gasteiger charge is 2.09. The molecule has 0 atom stereocenters. The van der Waals surface area contributed by atoms with E-state index in [4.69, 9.17) is 10.5 Å². The minimum Gasteiger partial charge on any atom is -0.247 e. The van der Waals surface area contributed by atoms with E-state index < -0.39 is 11.4 Å². The Hall–Kier alpha value is -3.06. The first-order valence-electron chi connectivity index (χ1n) is 4.51. The van der Waals surface area contributed by atoms with Gasteiger partial charge in [-0.15, -0.1) is 0 Å². The van der Waals surface area contributed by atoms with E-state index in [-0.39, 0.29) is 16.8 Å². The van der Waals surface area contributed by atoms with Gasteiger partial charge >= 0.3 is 11.4 Å². The number of H-pyrrole nitrogens is 2. The maximum absolute atomic E-state index is 11.3. The molecule has 0 radical (unpaired) electrons. The summed E-state index contributed by atoms with van der Waals surface area (Å²) in [5.41, 5.74) is -0.742. The van der Waals surface area contributed by atoms with E-state index in [2.05, 4.69) is 10.2 Å². The predicted molar refractivity (Wildman–Crippen MR) is 56.4 cm³/mol. The van der Waals surface area contributed by atoms with Gasteiger partial charge in [0.2, 0.25) is 0 Å². The maximum Gasteiger partial charge on any atom is 0.348 e. The number of aromatic nitrogens is 3. The zero-order chi connectivity index (χ0) is 12.4. The Labute approximate surface area is 94.2 Å². The lowest BCUT2D eigenvalue weighted by Crippen LogP contribution is -2.24. The topological polar surface area (TPSA) is 118 Å². The van der Waals surface area contributed by atoms with Gasteiger partial charge in [-0.2, -0.15) is 10.5 Å². The highest BCUT2D eigenvalue weighted by molar-refractivity contribution is 5.51. The Balaban J connectivity index is 2.73. The molecule has 2 rings (SSSR count). The first kappa shape index (κ1) is 10.5. The number of benzene rings is 1. The van der Waals surface area contributed by atoms with Gasteiger partial charge in [0.1, 0.15) is 12.1 Å². The van der Waals surface area contributed by atoms with Gasteiger partial charge < -0.3 is 0 Å². The van der Waals surface area contributed by atoms with Crippen molar-refractivity contribution in [1.82, 2.24) is 14.8 Å². The molecule has 0 unspecified atom stereocenters. The van der Waals surface area contributed by atoms with Crippen LogP contribution in [0.15, 0.2) is 27.8 Å². The summed E-state index contributed by atoms with van der Waals surface area (Å²) in [4.78, 5) is 22.6. The molecule has 1 aromatic carbocycles. The Morgan fingerprint density at radius 1 is 1.00 bits per heavy atom. The molecular weight excluding hydrogens is 222 g/mol. The maximum atomic E-state index is 11.3. The van der Waals surface area contributed by atoms with Gasteiger partial charge in [0, 0.05) is 0 Å². The average molecular weight is 227 g/mol. The van der Waals surface area contributed by atoms with E-state index in [1.807, 2.05) is 12.1 Å². The zero-order valence-corrected chi connectivity index (χ0v) is 8.39. The molecule has 0 fully saturated rings.